The van der Waals surface area contributed by atoms with Crippen LogP contribution in [0.25, 0.3) is 21.9 Å². The molecule has 1 saturated heterocycles. The Morgan fingerprint density at radius 2 is 2.04 bits per heavy atom. The zero-order valence-corrected chi connectivity index (χ0v) is 16.0. The second kappa shape index (κ2) is 7.21. The van der Waals surface area contributed by atoms with Crippen molar-refractivity contribution in [1.29, 1.82) is 0 Å². The van der Waals surface area contributed by atoms with Gasteiger partial charge in [-0.1, -0.05) is 0 Å². The number of pyridine rings is 2. The van der Waals surface area contributed by atoms with E-state index >= 15 is 0 Å². The molecule has 27 heavy (non-hydrogen) atoms. The normalized spacial score (nSPS) is 26.9. The maximum absolute atomic E-state index is 5.37. The summed E-state index contributed by atoms with van der Waals surface area (Å²) in [6.07, 6.45) is 12.3. The second-order valence-corrected chi connectivity index (χ2v) is 8.27. The molecule has 1 atom stereocenters. The van der Waals surface area contributed by atoms with Crippen LogP contribution in [0.1, 0.15) is 43.6 Å². The molecular formula is C22H28N4O. The van der Waals surface area contributed by atoms with Gasteiger partial charge in [-0.3, -0.25) is 0 Å². The number of aromatic nitrogens is 3. The average molecular weight is 364 g/mol. The molecule has 0 amide bonds. The molecule has 0 aromatic carbocycles. The van der Waals surface area contributed by atoms with Gasteiger partial charge < -0.3 is 14.6 Å². The van der Waals surface area contributed by atoms with Crippen LogP contribution in [0.2, 0.25) is 0 Å². The van der Waals surface area contributed by atoms with Crippen LogP contribution in [0.5, 0.6) is 0 Å². The molecule has 3 aromatic heterocycles. The van der Waals surface area contributed by atoms with Gasteiger partial charge in [0.1, 0.15) is 0 Å². The topological polar surface area (TPSA) is 54.0 Å². The largest absolute Gasteiger partial charge is 0.384 e. The minimum atomic E-state index is 0.635. The summed E-state index contributed by atoms with van der Waals surface area (Å²) in [5, 5.41) is 2.51. The molecule has 0 radical (unpaired) electrons. The molecular weight excluding hydrogens is 336 g/mol. The highest BCUT2D eigenvalue weighted by Gasteiger charge is 2.32. The number of hydrogen-bond donors (Lipinski definition) is 1. The van der Waals surface area contributed by atoms with E-state index in [2.05, 4.69) is 38.2 Å². The maximum atomic E-state index is 5.37. The fourth-order valence-corrected chi connectivity index (χ4v) is 5.34. The van der Waals surface area contributed by atoms with Crippen molar-refractivity contribution in [2.24, 2.45) is 5.92 Å². The van der Waals surface area contributed by atoms with E-state index < -0.39 is 0 Å². The molecule has 5 rings (SSSR count). The fourth-order valence-electron chi connectivity index (χ4n) is 5.34. The van der Waals surface area contributed by atoms with Crippen LogP contribution in [-0.4, -0.2) is 52.7 Å². The van der Waals surface area contributed by atoms with Crippen molar-refractivity contribution in [3.63, 3.8) is 0 Å². The second-order valence-electron chi connectivity index (χ2n) is 8.27. The highest BCUT2D eigenvalue weighted by atomic mass is 16.5. The summed E-state index contributed by atoms with van der Waals surface area (Å²) in [5.74, 6) is 1.36. The molecule has 0 spiro atoms. The van der Waals surface area contributed by atoms with E-state index in [0.717, 1.165) is 29.7 Å². The molecule has 1 saturated carbocycles. The molecule has 5 nitrogen and oxygen atoms in total. The summed E-state index contributed by atoms with van der Waals surface area (Å²) in [6, 6.07) is 5.14. The van der Waals surface area contributed by atoms with E-state index in [4.69, 9.17) is 4.74 Å². The summed E-state index contributed by atoms with van der Waals surface area (Å²) in [4.78, 5) is 15.0. The number of rotatable bonds is 4. The summed E-state index contributed by atoms with van der Waals surface area (Å²) < 4.78 is 5.37. The van der Waals surface area contributed by atoms with Gasteiger partial charge in [0, 0.05) is 42.9 Å². The first-order valence-electron chi connectivity index (χ1n) is 10.3. The Morgan fingerprint density at radius 3 is 2.89 bits per heavy atom. The number of aromatic amines is 1. The molecule has 4 heterocycles. The molecule has 2 fully saturated rings. The monoisotopic (exact) mass is 364 g/mol. The van der Waals surface area contributed by atoms with Crippen LogP contribution >= 0.6 is 0 Å². The molecule has 1 N–H and O–H groups in total. The first-order chi connectivity index (χ1) is 13.3. The van der Waals surface area contributed by atoms with Gasteiger partial charge in [0.05, 0.1) is 18.3 Å². The van der Waals surface area contributed by atoms with Gasteiger partial charge >= 0.3 is 0 Å². The molecule has 142 valence electrons. The zero-order chi connectivity index (χ0) is 18.2. The molecule has 5 heteroatoms. The number of fused-ring (bicyclic) bond motifs is 3. The van der Waals surface area contributed by atoms with Crippen molar-refractivity contribution in [3.8, 4) is 0 Å². The smallest absolute Gasteiger partial charge is 0.159 e. The first kappa shape index (κ1) is 17.1. The molecule has 0 bridgehead atoms. The Kier molecular flexibility index (Phi) is 4.58. The molecule has 3 aromatic rings. The summed E-state index contributed by atoms with van der Waals surface area (Å²) in [5.41, 5.74) is 3.46. The Hall–Kier alpha value is -1.98. The van der Waals surface area contributed by atoms with Gasteiger partial charge in [0.25, 0.3) is 0 Å². The minimum Gasteiger partial charge on any atom is -0.384 e. The van der Waals surface area contributed by atoms with Crippen LogP contribution in [0.3, 0.4) is 0 Å². The van der Waals surface area contributed by atoms with E-state index in [0.29, 0.717) is 5.92 Å². The van der Waals surface area contributed by atoms with Crippen LogP contribution in [0, 0.1) is 5.92 Å². The van der Waals surface area contributed by atoms with Crippen molar-refractivity contribution < 1.29 is 4.74 Å². The summed E-state index contributed by atoms with van der Waals surface area (Å²) >= 11 is 0. The van der Waals surface area contributed by atoms with Crippen LogP contribution in [-0.2, 0) is 4.74 Å². The maximum Gasteiger partial charge on any atom is 0.159 e. The lowest BCUT2D eigenvalue weighted by Crippen LogP contribution is -2.36. The first-order valence-corrected chi connectivity index (χ1v) is 10.3. The van der Waals surface area contributed by atoms with E-state index in [-0.39, 0.29) is 0 Å². The van der Waals surface area contributed by atoms with Gasteiger partial charge in [-0.05, 0) is 68.2 Å². The van der Waals surface area contributed by atoms with E-state index in [9.17, 15) is 0 Å². The van der Waals surface area contributed by atoms with Crippen LogP contribution < -0.4 is 0 Å². The lowest BCUT2D eigenvalue weighted by atomic mass is 9.80. The minimum absolute atomic E-state index is 0.635. The Bertz CT molecular complexity index is 928. The number of hydrogen-bond acceptors (Lipinski definition) is 4. The quantitative estimate of drug-likeness (QED) is 0.757. The third-order valence-corrected chi connectivity index (χ3v) is 6.70. The summed E-state index contributed by atoms with van der Waals surface area (Å²) in [6.45, 7) is 3.38. The SMILES string of the molecule is COCC1CCN(C2CCC(c3cc[nH]c4cnc5nccc5c34)CC2)C1. The van der Waals surface area contributed by atoms with E-state index in [1.54, 1.807) is 0 Å². The average Bonchev–Trinajstić information content (AvgIpc) is 3.37. The highest BCUT2D eigenvalue weighted by molar-refractivity contribution is 6.05. The number of nitrogens with zero attached hydrogens (tertiary/aromatic N) is 3. The number of nitrogens with one attached hydrogen (secondary N) is 1. The fraction of sp³-hybridized carbons (Fsp3) is 0.545. The van der Waals surface area contributed by atoms with E-state index in [1.807, 2.05) is 19.5 Å². The van der Waals surface area contributed by atoms with Crippen LogP contribution in [0.15, 0.2) is 30.7 Å². The highest BCUT2D eigenvalue weighted by Crippen LogP contribution is 2.40. The lowest BCUT2D eigenvalue weighted by Gasteiger charge is -2.35. The number of H-pyrrole nitrogens is 1. The number of ether oxygens (including phenoxy) is 1. The Balaban J connectivity index is 1.35. The predicted molar refractivity (Wildman–Crippen MR) is 108 cm³/mol. The molecule has 2 aliphatic rings. The van der Waals surface area contributed by atoms with Gasteiger partial charge in [-0.2, -0.15) is 0 Å². The lowest BCUT2D eigenvalue weighted by molar-refractivity contribution is 0.136. The van der Waals surface area contributed by atoms with Crippen molar-refractivity contribution in [3.05, 3.63) is 36.3 Å². The standard InChI is InChI=1S/C22H28N4O/c1-27-14-15-8-11-26(13-15)17-4-2-16(3-5-17)18-6-9-23-20-12-25-22-19(21(18)20)7-10-24-22/h6-7,9-10,12,15-17,23H,2-5,8,11,13-14H2,1H3. The Morgan fingerprint density at radius 1 is 1.15 bits per heavy atom. The Labute approximate surface area is 160 Å². The summed E-state index contributed by atoms with van der Waals surface area (Å²) in [7, 11) is 1.82. The molecule has 1 unspecified atom stereocenters. The van der Waals surface area contributed by atoms with Gasteiger partial charge in [-0.15, -0.1) is 0 Å². The van der Waals surface area contributed by atoms with Crippen LogP contribution in [0.4, 0.5) is 0 Å². The van der Waals surface area contributed by atoms with Crippen molar-refractivity contribution in [1.82, 2.24) is 19.9 Å². The van der Waals surface area contributed by atoms with E-state index in [1.165, 1.54) is 61.5 Å². The predicted octanol–water partition coefficient (Wildman–Crippen LogP) is 4.11. The molecule has 1 aliphatic carbocycles. The molecule has 1 aliphatic heterocycles. The number of methoxy groups -OCH3 is 1. The van der Waals surface area contributed by atoms with Gasteiger partial charge in [0.15, 0.2) is 5.65 Å². The van der Waals surface area contributed by atoms with Gasteiger partial charge in [0.2, 0.25) is 0 Å². The number of likely N-dealkylation sites (tertiary alicyclic amines) is 1. The van der Waals surface area contributed by atoms with Crippen molar-refractivity contribution >= 4 is 21.9 Å². The van der Waals surface area contributed by atoms with Crippen molar-refractivity contribution in [2.75, 3.05) is 26.8 Å². The third kappa shape index (κ3) is 3.13. The van der Waals surface area contributed by atoms with Crippen molar-refractivity contribution in [2.45, 2.75) is 44.1 Å². The van der Waals surface area contributed by atoms with Gasteiger partial charge in [-0.25, -0.2) is 9.97 Å². The zero-order valence-electron chi connectivity index (χ0n) is 16.0. The third-order valence-electron chi connectivity index (χ3n) is 6.70.